The number of thiophene rings is 1. The Bertz CT molecular complexity index is 550. The fraction of sp³-hybridized carbons (Fsp3) is 0.375. The van der Waals surface area contributed by atoms with Gasteiger partial charge in [-0.1, -0.05) is 17.7 Å². The summed E-state index contributed by atoms with van der Waals surface area (Å²) in [5.74, 6) is 0. The first-order valence-electron chi connectivity index (χ1n) is 6.75. The molecule has 1 aromatic carbocycles. The lowest BCUT2D eigenvalue weighted by Crippen LogP contribution is -2.38. The minimum atomic E-state index is 0.518. The van der Waals surface area contributed by atoms with E-state index in [-0.39, 0.29) is 0 Å². The zero-order chi connectivity index (χ0) is 13.2. The predicted octanol–water partition coefficient (Wildman–Crippen LogP) is 4.09. The summed E-state index contributed by atoms with van der Waals surface area (Å²) in [5, 5.41) is 8.98. The highest BCUT2D eigenvalue weighted by Gasteiger charge is 2.22. The molecule has 0 amide bonds. The molecule has 0 bridgehead atoms. The molecule has 0 saturated heterocycles. The molecule has 1 aromatic heterocycles. The van der Waals surface area contributed by atoms with Crippen molar-refractivity contribution in [3.63, 3.8) is 0 Å². The molecule has 1 aliphatic carbocycles. The van der Waals surface area contributed by atoms with E-state index in [1.165, 1.54) is 16.7 Å². The maximum Gasteiger partial charge on any atom is 0.0408 e. The van der Waals surface area contributed by atoms with E-state index < -0.39 is 0 Å². The summed E-state index contributed by atoms with van der Waals surface area (Å²) in [5.41, 5.74) is 4.29. The summed E-state index contributed by atoms with van der Waals surface area (Å²) >= 11 is 7.83. The summed E-state index contributed by atoms with van der Waals surface area (Å²) in [6, 6.07) is 9.57. The molecule has 2 aromatic rings. The molecule has 2 unspecified atom stereocenters. The molecule has 100 valence electrons. The van der Waals surface area contributed by atoms with Crippen LogP contribution in [0, 0.1) is 0 Å². The fourth-order valence-electron chi connectivity index (χ4n) is 2.93. The normalized spacial score (nSPS) is 19.4. The molecule has 0 saturated carbocycles. The van der Waals surface area contributed by atoms with Gasteiger partial charge in [-0.2, -0.15) is 11.3 Å². The lowest BCUT2D eigenvalue weighted by molar-refractivity contribution is 0.454. The number of nitrogens with one attached hydrogen (secondary N) is 1. The van der Waals surface area contributed by atoms with Crippen molar-refractivity contribution in [2.75, 3.05) is 0 Å². The molecule has 1 N–H and O–H groups in total. The first-order valence-corrected chi connectivity index (χ1v) is 8.07. The predicted molar refractivity (Wildman–Crippen MR) is 83.3 cm³/mol. The summed E-state index contributed by atoms with van der Waals surface area (Å²) < 4.78 is 0. The van der Waals surface area contributed by atoms with Crippen LogP contribution >= 0.6 is 22.9 Å². The second kappa shape index (κ2) is 5.66. The molecule has 19 heavy (non-hydrogen) atoms. The molecule has 3 rings (SSSR count). The third-order valence-electron chi connectivity index (χ3n) is 3.74. The summed E-state index contributed by atoms with van der Waals surface area (Å²) in [6.07, 6.45) is 3.33. The lowest BCUT2D eigenvalue weighted by atomic mass is 10.1. The van der Waals surface area contributed by atoms with E-state index in [0.29, 0.717) is 12.1 Å². The van der Waals surface area contributed by atoms with Crippen LogP contribution in [-0.2, 0) is 19.3 Å². The molecule has 0 aliphatic heterocycles. The van der Waals surface area contributed by atoms with E-state index in [2.05, 4.69) is 41.2 Å². The van der Waals surface area contributed by atoms with Crippen molar-refractivity contribution >= 4 is 22.9 Å². The summed E-state index contributed by atoms with van der Waals surface area (Å²) in [6.45, 7) is 2.27. The molecule has 3 heteroatoms. The van der Waals surface area contributed by atoms with E-state index in [9.17, 15) is 0 Å². The number of benzene rings is 1. The molecule has 0 fully saturated rings. The van der Waals surface area contributed by atoms with Gasteiger partial charge in [-0.05, 0) is 71.8 Å². The zero-order valence-electron chi connectivity index (χ0n) is 11.0. The van der Waals surface area contributed by atoms with Gasteiger partial charge in [0.15, 0.2) is 0 Å². The highest BCUT2D eigenvalue weighted by Crippen LogP contribution is 2.25. The maximum absolute atomic E-state index is 6.05. The minimum Gasteiger partial charge on any atom is -0.311 e. The SMILES string of the molecule is CC(Cc1ccsc1)NC1Cc2ccc(Cl)cc2C1. The summed E-state index contributed by atoms with van der Waals surface area (Å²) in [4.78, 5) is 0. The standard InChI is InChI=1S/C16H18ClNS/c1-11(6-12-4-5-19-10-12)18-16-8-13-2-3-15(17)7-14(13)9-16/h2-5,7,10-11,16,18H,6,8-9H2,1H3. The first-order chi connectivity index (χ1) is 9.20. The van der Waals surface area contributed by atoms with Gasteiger partial charge in [-0.15, -0.1) is 0 Å². The topological polar surface area (TPSA) is 12.0 Å². The molecule has 1 nitrogen and oxygen atoms in total. The van der Waals surface area contributed by atoms with Gasteiger partial charge in [0.1, 0.15) is 0 Å². The second-order valence-corrected chi connectivity index (χ2v) is 6.64. The Kier molecular flexibility index (Phi) is 3.92. The number of halogens is 1. The van der Waals surface area contributed by atoms with Gasteiger partial charge in [0.25, 0.3) is 0 Å². The van der Waals surface area contributed by atoms with Crippen molar-refractivity contribution in [2.45, 2.75) is 38.3 Å². The molecular weight excluding hydrogens is 274 g/mol. The van der Waals surface area contributed by atoms with Crippen molar-refractivity contribution < 1.29 is 0 Å². The number of hydrogen-bond acceptors (Lipinski definition) is 2. The Morgan fingerprint density at radius 1 is 1.32 bits per heavy atom. The van der Waals surface area contributed by atoms with Crippen LogP contribution in [0.2, 0.25) is 5.02 Å². The molecule has 2 atom stereocenters. The number of hydrogen-bond donors (Lipinski definition) is 1. The Labute approximate surface area is 123 Å². The van der Waals surface area contributed by atoms with Gasteiger partial charge >= 0.3 is 0 Å². The molecule has 0 spiro atoms. The van der Waals surface area contributed by atoms with Crippen LogP contribution in [0.1, 0.15) is 23.6 Å². The van der Waals surface area contributed by atoms with Crippen molar-refractivity contribution in [3.05, 3.63) is 56.7 Å². The van der Waals surface area contributed by atoms with Crippen molar-refractivity contribution in [2.24, 2.45) is 0 Å². The van der Waals surface area contributed by atoms with Gasteiger partial charge < -0.3 is 5.32 Å². The molecule has 1 heterocycles. The van der Waals surface area contributed by atoms with E-state index in [0.717, 1.165) is 24.3 Å². The third-order valence-corrected chi connectivity index (χ3v) is 4.71. The Morgan fingerprint density at radius 3 is 2.95 bits per heavy atom. The van der Waals surface area contributed by atoms with Crippen LogP contribution in [0.15, 0.2) is 35.0 Å². The van der Waals surface area contributed by atoms with Gasteiger partial charge in [0.2, 0.25) is 0 Å². The van der Waals surface area contributed by atoms with E-state index in [4.69, 9.17) is 11.6 Å². The van der Waals surface area contributed by atoms with Crippen LogP contribution in [0.5, 0.6) is 0 Å². The zero-order valence-corrected chi connectivity index (χ0v) is 12.6. The van der Waals surface area contributed by atoms with Gasteiger partial charge in [-0.3, -0.25) is 0 Å². The molecule has 0 radical (unpaired) electrons. The Balaban J connectivity index is 1.58. The third kappa shape index (κ3) is 3.19. The van der Waals surface area contributed by atoms with Crippen molar-refractivity contribution in [1.29, 1.82) is 0 Å². The van der Waals surface area contributed by atoms with Crippen molar-refractivity contribution in [3.8, 4) is 0 Å². The average molecular weight is 292 g/mol. The van der Waals surface area contributed by atoms with Crippen LogP contribution in [0.25, 0.3) is 0 Å². The monoisotopic (exact) mass is 291 g/mol. The smallest absolute Gasteiger partial charge is 0.0408 e. The maximum atomic E-state index is 6.05. The molecular formula is C16H18ClNS. The number of fused-ring (bicyclic) bond motifs is 1. The number of rotatable bonds is 4. The Hall–Kier alpha value is -0.830. The van der Waals surface area contributed by atoms with E-state index in [1.54, 1.807) is 11.3 Å². The van der Waals surface area contributed by atoms with Crippen LogP contribution in [0.4, 0.5) is 0 Å². The minimum absolute atomic E-state index is 0.518. The summed E-state index contributed by atoms with van der Waals surface area (Å²) in [7, 11) is 0. The van der Waals surface area contributed by atoms with Gasteiger partial charge in [0.05, 0.1) is 0 Å². The average Bonchev–Trinajstić information content (AvgIpc) is 2.97. The van der Waals surface area contributed by atoms with Crippen molar-refractivity contribution in [1.82, 2.24) is 5.32 Å². The quantitative estimate of drug-likeness (QED) is 0.895. The van der Waals surface area contributed by atoms with Crippen LogP contribution in [-0.4, -0.2) is 12.1 Å². The lowest BCUT2D eigenvalue weighted by Gasteiger charge is -2.18. The fourth-order valence-corrected chi connectivity index (χ4v) is 3.80. The van der Waals surface area contributed by atoms with E-state index >= 15 is 0 Å². The molecule has 1 aliphatic rings. The van der Waals surface area contributed by atoms with E-state index in [1.807, 2.05) is 6.07 Å². The highest BCUT2D eigenvalue weighted by atomic mass is 35.5. The second-order valence-electron chi connectivity index (χ2n) is 5.42. The van der Waals surface area contributed by atoms with Gasteiger partial charge in [0, 0.05) is 17.1 Å². The largest absolute Gasteiger partial charge is 0.311 e. The Morgan fingerprint density at radius 2 is 2.16 bits per heavy atom. The van der Waals surface area contributed by atoms with Crippen LogP contribution in [0.3, 0.4) is 0 Å². The first kappa shape index (κ1) is 13.2. The highest BCUT2D eigenvalue weighted by molar-refractivity contribution is 7.07. The van der Waals surface area contributed by atoms with Crippen LogP contribution < -0.4 is 5.32 Å². The van der Waals surface area contributed by atoms with Gasteiger partial charge in [-0.25, -0.2) is 0 Å².